The number of rotatable bonds is 14. The van der Waals surface area contributed by atoms with Gasteiger partial charge in [0.2, 0.25) is 0 Å². The van der Waals surface area contributed by atoms with Crippen LogP contribution in [-0.4, -0.2) is 88.7 Å². The highest BCUT2D eigenvalue weighted by Crippen LogP contribution is 2.68. The van der Waals surface area contributed by atoms with E-state index in [4.69, 9.17) is 34.6 Å². The number of anilines is 1. The zero-order valence-electron chi connectivity index (χ0n) is 20.1. The van der Waals surface area contributed by atoms with Gasteiger partial charge >= 0.3 is 46.9 Å². The van der Waals surface area contributed by atoms with Gasteiger partial charge in [0, 0.05) is 0 Å². The molecule has 0 bridgehead atoms. The summed E-state index contributed by atoms with van der Waals surface area (Å²) >= 11 is 0. The van der Waals surface area contributed by atoms with Crippen molar-refractivity contribution in [2.24, 2.45) is 0 Å². The summed E-state index contributed by atoms with van der Waals surface area (Å²) < 4.78 is 99.1. The Morgan fingerprint density at radius 3 is 1.86 bits per heavy atom. The third-order valence-corrected chi connectivity index (χ3v) is 12.1. The molecule has 3 rings (SSSR count). The summed E-state index contributed by atoms with van der Waals surface area (Å²) in [6.45, 7) is -1.33. The Bertz CT molecular complexity index is 1640. The van der Waals surface area contributed by atoms with Gasteiger partial charge in [-0.3, -0.25) is 13.6 Å². The molecule has 246 valence electrons. The molecule has 33 heteroatoms. The van der Waals surface area contributed by atoms with Crippen molar-refractivity contribution in [2.75, 3.05) is 12.3 Å². The topological polar surface area (TPSA) is 419 Å². The molecule has 11 N–H and O–H groups in total. The molecule has 0 radical (unpaired) electrons. The van der Waals surface area contributed by atoms with E-state index in [-0.39, 0.29) is 17.0 Å². The van der Waals surface area contributed by atoms with E-state index >= 15 is 0 Å². The van der Waals surface area contributed by atoms with Crippen molar-refractivity contribution in [1.29, 1.82) is 0 Å². The number of hydrogen-bond acceptors (Lipinski definition) is 18. The van der Waals surface area contributed by atoms with Crippen LogP contribution in [-0.2, 0) is 58.4 Å². The van der Waals surface area contributed by atoms with Gasteiger partial charge in [-0.15, -0.1) is 0 Å². The van der Waals surface area contributed by atoms with Crippen molar-refractivity contribution in [3.8, 4) is 0 Å². The lowest BCUT2D eigenvalue weighted by Gasteiger charge is -2.24. The maximum absolute atomic E-state index is 12.5. The SMILES string of the molecule is Nc1ncnc2c1ncn2C1OC(COP(=O)(O)OP(=O)(O)OP(=O)(O)O)C(O)C1OP(=O)(O)OP(=O)(O)OP(=O)(O)O. The van der Waals surface area contributed by atoms with Crippen LogP contribution in [0, 0.1) is 0 Å². The molecule has 8 atom stereocenters. The number of nitrogens with zero attached hydrogens (tertiary/aromatic N) is 4. The van der Waals surface area contributed by atoms with Crippen LogP contribution in [0.15, 0.2) is 12.7 Å². The number of phosphoric ester groups is 2. The van der Waals surface area contributed by atoms with Crippen LogP contribution in [0.25, 0.3) is 11.2 Å². The van der Waals surface area contributed by atoms with E-state index in [0.29, 0.717) is 0 Å². The lowest BCUT2D eigenvalue weighted by molar-refractivity contribution is -0.0496. The zero-order chi connectivity index (χ0) is 32.8. The second kappa shape index (κ2) is 12.7. The molecular formula is C10H19N5O22P6. The molecule has 0 aliphatic carbocycles. The molecule has 0 amide bonds. The number of ether oxygens (including phenoxy) is 1. The molecule has 1 aliphatic heterocycles. The summed E-state index contributed by atoms with van der Waals surface area (Å²) in [5.41, 5.74) is 5.38. The molecule has 43 heavy (non-hydrogen) atoms. The number of aromatic nitrogens is 4. The summed E-state index contributed by atoms with van der Waals surface area (Å²) in [5.74, 6) is -0.198. The Labute approximate surface area is 236 Å². The predicted molar refractivity (Wildman–Crippen MR) is 128 cm³/mol. The average Bonchev–Trinajstić information content (AvgIpc) is 3.29. The van der Waals surface area contributed by atoms with E-state index in [2.05, 4.69) is 36.7 Å². The second-order valence-electron chi connectivity index (χ2n) is 7.69. The first kappa shape index (κ1) is 36.6. The van der Waals surface area contributed by atoms with Crippen LogP contribution in [0.3, 0.4) is 0 Å². The maximum atomic E-state index is 12.5. The monoisotopic (exact) mass is 747 g/mol. The number of nitrogens with two attached hydrogens (primary N) is 1. The first-order chi connectivity index (χ1) is 19.3. The van der Waals surface area contributed by atoms with E-state index in [9.17, 15) is 52.1 Å². The minimum Gasteiger partial charge on any atom is -0.387 e. The van der Waals surface area contributed by atoms with Gasteiger partial charge in [0.15, 0.2) is 17.7 Å². The summed E-state index contributed by atoms with van der Waals surface area (Å²) in [6.07, 6.45) is -6.54. The fraction of sp³-hybridized carbons (Fsp3) is 0.500. The van der Waals surface area contributed by atoms with E-state index in [0.717, 1.165) is 17.2 Å². The highest BCUT2D eigenvalue weighted by molar-refractivity contribution is 7.67. The van der Waals surface area contributed by atoms with Crippen molar-refractivity contribution in [3.63, 3.8) is 0 Å². The predicted octanol–water partition coefficient (Wildman–Crippen LogP) is -1.28. The molecule has 27 nitrogen and oxygen atoms in total. The first-order valence-corrected chi connectivity index (χ1v) is 19.2. The Kier molecular flexibility index (Phi) is 10.8. The summed E-state index contributed by atoms with van der Waals surface area (Å²) in [6, 6.07) is 0. The molecule has 0 aromatic carbocycles. The van der Waals surface area contributed by atoms with Gasteiger partial charge < -0.3 is 54.7 Å². The van der Waals surface area contributed by atoms with Gasteiger partial charge in [-0.1, -0.05) is 0 Å². The molecule has 0 saturated carbocycles. The van der Waals surface area contributed by atoms with E-state index in [1.807, 2.05) is 0 Å². The minimum atomic E-state index is -6.03. The van der Waals surface area contributed by atoms with Crippen LogP contribution >= 0.6 is 46.9 Å². The molecule has 0 spiro atoms. The van der Waals surface area contributed by atoms with Gasteiger partial charge in [-0.05, 0) is 0 Å². The van der Waals surface area contributed by atoms with Crippen molar-refractivity contribution in [2.45, 2.75) is 24.5 Å². The van der Waals surface area contributed by atoms with Crippen molar-refractivity contribution < 1.29 is 103 Å². The highest BCUT2D eigenvalue weighted by atomic mass is 31.3. The van der Waals surface area contributed by atoms with Gasteiger partial charge in [0.25, 0.3) is 0 Å². The van der Waals surface area contributed by atoms with Crippen LogP contribution in [0.1, 0.15) is 6.23 Å². The fourth-order valence-corrected chi connectivity index (χ4v) is 9.40. The quantitative estimate of drug-likeness (QED) is 0.101. The number of hydrogen-bond donors (Lipinski definition) is 10. The van der Waals surface area contributed by atoms with Crippen molar-refractivity contribution in [1.82, 2.24) is 19.5 Å². The lowest BCUT2D eigenvalue weighted by atomic mass is 10.1. The molecule has 1 aliphatic rings. The third-order valence-electron chi connectivity index (χ3n) is 4.46. The van der Waals surface area contributed by atoms with E-state index in [1.165, 1.54) is 0 Å². The van der Waals surface area contributed by atoms with Crippen LogP contribution in [0.5, 0.6) is 0 Å². The van der Waals surface area contributed by atoms with Crippen LogP contribution in [0.4, 0.5) is 5.82 Å². The smallest absolute Gasteiger partial charge is 0.387 e. The molecule has 3 heterocycles. The highest BCUT2D eigenvalue weighted by Gasteiger charge is 2.52. The Balaban J connectivity index is 1.89. The fourth-order valence-electron chi connectivity index (χ4n) is 3.17. The summed E-state index contributed by atoms with van der Waals surface area (Å²) in [4.78, 5) is 84.2. The second-order valence-corrected chi connectivity index (χ2v) is 16.5. The number of nitrogen functional groups attached to an aromatic ring is 1. The number of phosphoric acid groups is 6. The largest absolute Gasteiger partial charge is 0.490 e. The summed E-state index contributed by atoms with van der Waals surface area (Å²) in [5, 5.41) is 10.7. The Hall–Kier alpha value is -0.910. The normalized spacial score (nSPS) is 27.3. The molecule has 2 aromatic heterocycles. The lowest BCUT2D eigenvalue weighted by Crippen LogP contribution is -2.35. The number of aliphatic hydroxyl groups excluding tert-OH is 1. The first-order valence-electron chi connectivity index (χ1n) is 10.2. The molecule has 2 aromatic rings. The number of aliphatic hydroxyl groups is 1. The molecule has 8 unspecified atom stereocenters. The van der Waals surface area contributed by atoms with Gasteiger partial charge in [-0.2, -0.15) is 17.2 Å². The molecule has 1 saturated heterocycles. The summed E-state index contributed by atoms with van der Waals surface area (Å²) in [7, 11) is -35.2. The van der Waals surface area contributed by atoms with Gasteiger partial charge in [-0.25, -0.2) is 42.3 Å². The average molecular weight is 747 g/mol. The number of fused-ring (bicyclic) bond motifs is 1. The minimum absolute atomic E-state index is 0.102. The molecule has 1 fully saturated rings. The van der Waals surface area contributed by atoms with Gasteiger partial charge in [0.05, 0.1) is 12.9 Å². The third kappa shape index (κ3) is 10.6. The van der Waals surface area contributed by atoms with Crippen molar-refractivity contribution >= 4 is 63.9 Å². The molecular weight excluding hydrogens is 728 g/mol. The van der Waals surface area contributed by atoms with Crippen LogP contribution in [0.2, 0.25) is 0 Å². The maximum Gasteiger partial charge on any atom is 0.490 e. The standard InChI is InChI=1S/C10H19N5O22P6/c11-8-5-9(13-2-12-8)15(3-14-5)10-7(33-41(25,26)37-43(29,30)35-39(20,21)22)6(16)4(32-10)1-31-40(23,24)36-42(27,28)34-38(17,18)19/h2-4,6-7,10,16H,1H2,(H,23,24)(H,25,26)(H,27,28)(H,29,30)(H2,11,12,13)(H2,17,18,19)(H2,20,21,22). The Morgan fingerprint density at radius 2 is 1.33 bits per heavy atom. The van der Waals surface area contributed by atoms with E-state index < -0.39 is 78.1 Å². The van der Waals surface area contributed by atoms with Crippen molar-refractivity contribution in [3.05, 3.63) is 12.7 Å². The number of imidazole rings is 1. The van der Waals surface area contributed by atoms with Crippen LogP contribution < -0.4 is 5.73 Å². The Morgan fingerprint density at radius 1 is 0.791 bits per heavy atom. The van der Waals surface area contributed by atoms with E-state index in [1.54, 1.807) is 0 Å². The van der Waals surface area contributed by atoms with Gasteiger partial charge in [0.1, 0.15) is 30.2 Å². The zero-order valence-corrected chi connectivity index (χ0v) is 25.4.